The number of rotatable bonds is 9. The van der Waals surface area contributed by atoms with Crippen molar-refractivity contribution in [2.24, 2.45) is 0 Å². The maximum absolute atomic E-state index is 9.87. The number of phenolic OH excluding ortho intramolecular Hbond substituents is 1. The van der Waals surface area contributed by atoms with Crippen LogP contribution in [0.1, 0.15) is 71.6 Å². The van der Waals surface area contributed by atoms with Crippen molar-refractivity contribution in [2.45, 2.75) is 71.5 Å². The van der Waals surface area contributed by atoms with Crippen molar-refractivity contribution in [3.63, 3.8) is 0 Å². The van der Waals surface area contributed by atoms with Crippen molar-refractivity contribution in [1.82, 2.24) is 0 Å². The van der Waals surface area contributed by atoms with E-state index in [1.54, 1.807) is 12.1 Å². The maximum Gasteiger partial charge on any atom is 0.258 e. The van der Waals surface area contributed by atoms with Gasteiger partial charge in [-0.05, 0) is 75.1 Å². The second kappa shape index (κ2) is 11.1. The molecule has 0 spiro atoms. The minimum absolute atomic E-state index is 0.280. The smallest absolute Gasteiger partial charge is 0.258 e. The third-order valence-electron chi connectivity index (χ3n) is 7.08. The minimum atomic E-state index is -2.00. The molecule has 0 aliphatic carbocycles. The Balaban J connectivity index is 2.10. The summed E-state index contributed by atoms with van der Waals surface area (Å²) in [5, 5.41) is 9.87. The molecule has 0 aliphatic rings. The molecular weight excluding hydrogens is 432 g/mol. The lowest BCUT2D eigenvalue weighted by atomic mass is 9.88. The molecule has 0 aliphatic heterocycles. The lowest BCUT2D eigenvalue weighted by Crippen LogP contribution is -2.50. The Labute approximate surface area is 207 Å². The van der Waals surface area contributed by atoms with Gasteiger partial charge in [0, 0.05) is 0 Å². The third-order valence-corrected chi connectivity index (χ3v) is 13.1. The summed E-state index contributed by atoms with van der Waals surface area (Å²) < 4.78 is 6.90. The van der Waals surface area contributed by atoms with Crippen LogP contribution in [-0.2, 0) is 0 Å². The predicted octanol–water partition coefficient (Wildman–Crippen LogP) is 9.32. The van der Waals surface area contributed by atoms with Gasteiger partial charge < -0.3 is 9.53 Å². The summed E-state index contributed by atoms with van der Waals surface area (Å²) in [4.78, 5) is 0. The predicted molar refractivity (Wildman–Crippen MR) is 149 cm³/mol. The van der Waals surface area contributed by atoms with Crippen LogP contribution in [0.25, 0.3) is 11.1 Å². The van der Waals surface area contributed by atoms with Gasteiger partial charge in [-0.1, -0.05) is 103 Å². The second-order valence-electron chi connectivity index (χ2n) is 10.1. The van der Waals surface area contributed by atoms with Gasteiger partial charge in [0.25, 0.3) is 8.32 Å². The zero-order valence-corrected chi connectivity index (χ0v) is 22.8. The van der Waals surface area contributed by atoms with Gasteiger partial charge >= 0.3 is 0 Å². The Morgan fingerprint density at radius 2 is 1.15 bits per heavy atom. The van der Waals surface area contributed by atoms with Gasteiger partial charge in [0.2, 0.25) is 0 Å². The number of hydrogen-bond donors (Lipinski definition) is 1. The maximum atomic E-state index is 9.87. The highest BCUT2D eigenvalue weighted by atomic mass is 28.4. The molecule has 3 aromatic carbocycles. The fourth-order valence-electron chi connectivity index (χ4n) is 5.56. The molecule has 0 heterocycles. The Morgan fingerprint density at radius 1 is 0.676 bits per heavy atom. The average Bonchev–Trinajstić information content (AvgIpc) is 2.82. The van der Waals surface area contributed by atoms with E-state index in [-0.39, 0.29) is 5.75 Å². The van der Waals surface area contributed by atoms with Crippen LogP contribution in [-0.4, -0.2) is 13.4 Å². The van der Waals surface area contributed by atoms with Gasteiger partial charge in [-0.15, -0.1) is 0 Å². The molecule has 180 valence electrons. The van der Waals surface area contributed by atoms with Crippen molar-refractivity contribution in [2.75, 3.05) is 0 Å². The molecule has 0 aromatic heterocycles. The molecule has 0 atom stereocenters. The number of allylic oxidation sites excluding steroid dienone is 1. The Morgan fingerprint density at radius 3 is 1.59 bits per heavy atom. The fourth-order valence-corrected chi connectivity index (χ4v) is 10.8. The first kappa shape index (κ1) is 25.8. The lowest BCUT2D eigenvalue weighted by molar-refractivity contribution is 0.475. The first-order chi connectivity index (χ1) is 16.2. The summed E-state index contributed by atoms with van der Waals surface area (Å²) in [6.07, 6.45) is 0.905. The first-order valence-electron chi connectivity index (χ1n) is 12.6. The van der Waals surface area contributed by atoms with Gasteiger partial charge in [-0.2, -0.15) is 0 Å². The highest BCUT2D eigenvalue weighted by Gasteiger charge is 2.46. The number of aromatic hydroxyl groups is 1. The van der Waals surface area contributed by atoms with Crippen molar-refractivity contribution < 1.29 is 9.53 Å². The summed E-state index contributed by atoms with van der Waals surface area (Å²) in [5.74, 6) is 1.25. The van der Waals surface area contributed by atoms with Crippen molar-refractivity contribution in [3.05, 3.63) is 95.6 Å². The van der Waals surface area contributed by atoms with E-state index in [1.807, 2.05) is 12.1 Å². The van der Waals surface area contributed by atoms with Crippen molar-refractivity contribution in [3.8, 4) is 11.5 Å². The van der Waals surface area contributed by atoms with Gasteiger partial charge in [0.15, 0.2) is 0 Å². The molecule has 0 radical (unpaired) electrons. The van der Waals surface area contributed by atoms with Gasteiger partial charge in [0.1, 0.15) is 11.5 Å². The molecule has 0 unspecified atom stereocenters. The monoisotopic (exact) mass is 472 g/mol. The molecular formula is C31H40O2Si. The molecule has 2 nitrogen and oxygen atoms in total. The lowest BCUT2D eigenvalue weighted by Gasteiger charge is -2.42. The summed E-state index contributed by atoms with van der Waals surface area (Å²) in [6.45, 7) is 16.1. The summed E-state index contributed by atoms with van der Waals surface area (Å²) >= 11 is 0. The van der Waals surface area contributed by atoms with Crippen LogP contribution in [0.4, 0.5) is 0 Å². The summed E-state index contributed by atoms with van der Waals surface area (Å²) in [6, 6.07) is 26.8. The van der Waals surface area contributed by atoms with Gasteiger partial charge in [0.05, 0.1) is 0 Å². The van der Waals surface area contributed by atoms with Crippen LogP contribution in [0.5, 0.6) is 11.5 Å². The van der Waals surface area contributed by atoms with Crippen LogP contribution < -0.4 is 4.43 Å². The number of benzene rings is 3. The zero-order valence-electron chi connectivity index (χ0n) is 21.8. The summed E-state index contributed by atoms with van der Waals surface area (Å²) in [5.41, 5.74) is 7.56. The number of hydrogen-bond acceptors (Lipinski definition) is 2. The highest BCUT2D eigenvalue weighted by Crippen LogP contribution is 2.43. The van der Waals surface area contributed by atoms with Crippen LogP contribution in [0, 0.1) is 0 Å². The van der Waals surface area contributed by atoms with Gasteiger partial charge in [-0.3, -0.25) is 0 Å². The molecule has 3 heteroatoms. The molecule has 34 heavy (non-hydrogen) atoms. The molecule has 0 bridgehead atoms. The quantitative estimate of drug-likeness (QED) is 0.248. The normalized spacial score (nSPS) is 12.9. The largest absolute Gasteiger partial charge is 0.543 e. The SMILES string of the molecule is CC/C(=C(\c1ccc(O)cc1)c1ccc(O[Si](C(C)C)(C(C)C)C(C)C)cc1)c1ccccc1. The highest BCUT2D eigenvalue weighted by molar-refractivity contribution is 6.78. The molecule has 0 saturated heterocycles. The zero-order chi connectivity index (χ0) is 24.9. The Hall–Kier alpha value is -2.78. The summed E-state index contributed by atoms with van der Waals surface area (Å²) in [7, 11) is -2.00. The van der Waals surface area contributed by atoms with Crippen molar-refractivity contribution in [1.29, 1.82) is 0 Å². The molecule has 0 saturated carbocycles. The van der Waals surface area contributed by atoms with E-state index < -0.39 is 8.32 Å². The van der Waals surface area contributed by atoms with E-state index in [0.717, 1.165) is 23.3 Å². The Bertz CT molecular complexity index is 1060. The standard InChI is InChI=1S/C31H40O2Si/c1-8-30(25-12-10-9-11-13-25)31(26-14-18-28(32)19-15-26)27-16-20-29(21-17-27)33-34(22(2)3,23(4)5)24(6)7/h9-24,32H,8H2,1-7H3/b31-30-. The van der Waals surface area contributed by atoms with E-state index in [0.29, 0.717) is 16.6 Å². The van der Waals surface area contributed by atoms with Crippen LogP contribution in [0.15, 0.2) is 78.9 Å². The Kier molecular flexibility index (Phi) is 8.43. The van der Waals surface area contributed by atoms with E-state index in [4.69, 9.17) is 4.43 Å². The third kappa shape index (κ3) is 5.31. The molecule has 1 N–H and O–H groups in total. The van der Waals surface area contributed by atoms with Crippen LogP contribution >= 0.6 is 0 Å². The first-order valence-corrected chi connectivity index (χ1v) is 14.7. The molecule has 3 rings (SSSR count). The van der Waals surface area contributed by atoms with E-state index in [9.17, 15) is 5.11 Å². The van der Waals surface area contributed by atoms with E-state index in [1.165, 1.54) is 16.7 Å². The molecule has 0 fully saturated rings. The van der Waals surface area contributed by atoms with Gasteiger partial charge in [-0.25, -0.2) is 0 Å². The minimum Gasteiger partial charge on any atom is -0.543 e. The fraction of sp³-hybridized carbons (Fsp3) is 0.355. The number of phenols is 1. The van der Waals surface area contributed by atoms with E-state index >= 15 is 0 Å². The van der Waals surface area contributed by atoms with E-state index in [2.05, 4.69) is 103 Å². The van der Waals surface area contributed by atoms with Crippen LogP contribution in [0.3, 0.4) is 0 Å². The second-order valence-corrected chi connectivity index (χ2v) is 15.4. The van der Waals surface area contributed by atoms with Crippen LogP contribution in [0.2, 0.25) is 16.6 Å². The van der Waals surface area contributed by atoms with Crippen molar-refractivity contribution >= 4 is 19.5 Å². The average molecular weight is 473 g/mol. The topological polar surface area (TPSA) is 29.5 Å². The molecule has 3 aromatic rings. The molecule has 0 amide bonds.